The van der Waals surface area contributed by atoms with Crippen molar-refractivity contribution in [3.05, 3.63) is 164 Å². The van der Waals surface area contributed by atoms with Crippen molar-refractivity contribution in [3.8, 4) is 17.2 Å². The predicted molar refractivity (Wildman–Crippen MR) is 232 cm³/mol. The Bertz CT molecular complexity index is 3790. The highest BCUT2D eigenvalue weighted by Gasteiger charge is 2.27. The van der Waals surface area contributed by atoms with Gasteiger partial charge in [-0.25, -0.2) is 9.97 Å². The summed E-state index contributed by atoms with van der Waals surface area (Å²) in [5, 5.41) is 15.3. The fourth-order valence-electron chi connectivity index (χ4n) is 9.34. The normalized spacial score (nSPS) is 12.4. The average Bonchev–Trinajstić information content (AvgIpc) is 3.93. The summed E-state index contributed by atoms with van der Waals surface area (Å²) in [5.41, 5.74) is 6.62. The zero-order valence-corrected chi connectivity index (χ0v) is 30.1. The Hall–Kier alpha value is -7.08. The molecule has 13 rings (SSSR count). The minimum atomic E-state index is 0.615. The summed E-state index contributed by atoms with van der Waals surface area (Å²) in [5.74, 6) is 0.615. The van der Waals surface area contributed by atoms with Crippen LogP contribution in [0.1, 0.15) is 0 Å². The number of nitrogens with zero attached hydrogens (tertiary/aromatic N) is 3. The van der Waals surface area contributed by atoms with E-state index in [1.165, 1.54) is 52.5 Å². The minimum Gasteiger partial charge on any atom is -0.454 e. The molecule has 0 aliphatic carbocycles. The lowest BCUT2D eigenvalue weighted by molar-refractivity contribution is 0.671. The number of aromatic nitrogens is 3. The first kappa shape index (κ1) is 29.4. The molecule has 4 aromatic heterocycles. The molecule has 55 heavy (non-hydrogen) atoms. The van der Waals surface area contributed by atoms with Crippen LogP contribution < -0.4 is 0 Å². The maximum absolute atomic E-state index is 7.05. The van der Waals surface area contributed by atoms with Crippen molar-refractivity contribution in [1.29, 1.82) is 0 Å². The highest BCUT2D eigenvalue weighted by molar-refractivity contribution is 7.26. The molecule has 0 aliphatic heterocycles. The van der Waals surface area contributed by atoms with Crippen LogP contribution in [0.5, 0.6) is 0 Å². The third kappa shape index (κ3) is 3.84. The standard InChI is InChI=1S/C50H27N3OS/c1-3-17-31-28(14-1)29-15-2-4-18-32(29)43-42(31)44-35-20-6-10-25-39(35)53(47(44)48-45(43)36-21-7-11-26-40(36)54-48)50-51-38-24-9-5-19-34(38)46(52-50)37-23-13-22-33-30-16-8-12-27-41(30)55-49(33)37/h1-27H. The first-order valence-corrected chi connectivity index (χ1v) is 19.4. The van der Waals surface area contributed by atoms with Crippen LogP contribution in [0.15, 0.2) is 168 Å². The minimum absolute atomic E-state index is 0.615. The Labute approximate surface area is 317 Å². The van der Waals surface area contributed by atoms with E-state index in [0.717, 1.165) is 65.9 Å². The van der Waals surface area contributed by atoms with Gasteiger partial charge < -0.3 is 4.42 Å². The molecule has 0 fully saturated rings. The quantitative estimate of drug-likeness (QED) is 0.167. The largest absolute Gasteiger partial charge is 0.454 e. The Kier molecular flexibility index (Phi) is 5.74. The third-order valence-electron chi connectivity index (χ3n) is 11.6. The van der Waals surface area contributed by atoms with Gasteiger partial charge in [0.1, 0.15) is 11.1 Å². The summed E-state index contributed by atoms with van der Waals surface area (Å²) in [6.07, 6.45) is 0. The molecule has 0 atom stereocenters. The van der Waals surface area contributed by atoms with E-state index < -0.39 is 0 Å². The van der Waals surface area contributed by atoms with Gasteiger partial charge in [-0.1, -0.05) is 140 Å². The molecule has 0 radical (unpaired) electrons. The van der Waals surface area contributed by atoms with E-state index in [1.807, 2.05) is 11.3 Å². The van der Waals surface area contributed by atoms with Gasteiger partial charge in [-0.15, -0.1) is 11.3 Å². The van der Waals surface area contributed by atoms with Crippen molar-refractivity contribution in [3.63, 3.8) is 0 Å². The van der Waals surface area contributed by atoms with Crippen LogP contribution >= 0.6 is 11.3 Å². The summed E-state index contributed by atoms with van der Waals surface area (Å²) < 4.78 is 11.8. The molecule has 4 heterocycles. The van der Waals surface area contributed by atoms with E-state index in [1.54, 1.807) is 0 Å². The predicted octanol–water partition coefficient (Wildman–Crippen LogP) is 14.1. The molecule has 0 saturated heterocycles. The monoisotopic (exact) mass is 717 g/mol. The van der Waals surface area contributed by atoms with Crippen molar-refractivity contribution < 1.29 is 4.42 Å². The molecule has 0 unspecified atom stereocenters. The molecular formula is C50H27N3OS. The van der Waals surface area contributed by atoms with Crippen LogP contribution in [0.4, 0.5) is 0 Å². The van der Waals surface area contributed by atoms with Crippen molar-refractivity contribution in [2.24, 2.45) is 0 Å². The fourth-order valence-corrected chi connectivity index (χ4v) is 10.6. The zero-order valence-electron chi connectivity index (χ0n) is 29.2. The number of hydrogen-bond acceptors (Lipinski definition) is 4. The van der Waals surface area contributed by atoms with Crippen LogP contribution in [-0.2, 0) is 0 Å². The zero-order chi connectivity index (χ0) is 35.8. The van der Waals surface area contributed by atoms with Crippen LogP contribution in [0, 0.1) is 0 Å². The van der Waals surface area contributed by atoms with Gasteiger partial charge in [0, 0.05) is 63.4 Å². The highest BCUT2D eigenvalue weighted by Crippen LogP contribution is 2.50. The van der Waals surface area contributed by atoms with Gasteiger partial charge in [0.05, 0.1) is 16.7 Å². The van der Waals surface area contributed by atoms with Crippen LogP contribution in [-0.4, -0.2) is 14.5 Å². The van der Waals surface area contributed by atoms with Crippen molar-refractivity contribution >= 4 is 118 Å². The van der Waals surface area contributed by atoms with Crippen LogP contribution in [0.2, 0.25) is 0 Å². The first-order chi connectivity index (χ1) is 27.3. The van der Waals surface area contributed by atoms with Gasteiger partial charge in [0.25, 0.3) is 0 Å². The van der Waals surface area contributed by atoms with Gasteiger partial charge in [0.2, 0.25) is 5.95 Å². The Morgan fingerprint density at radius 3 is 1.84 bits per heavy atom. The van der Waals surface area contributed by atoms with Crippen molar-refractivity contribution in [2.75, 3.05) is 0 Å². The molecule has 0 saturated carbocycles. The average molecular weight is 718 g/mol. The molecule has 0 N–H and O–H groups in total. The van der Waals surface area contributed by atoms with Crippen LogP contribution in [0.3, 0.4) is 0 Å². The molecular weight excluding hydrogens is 691 g/mol. The highest BCUT2D eigenvalue weighted by atomic mass is 32.1. The Morgan fingerprint density at radius 2 is 1.04 bits per heavy atom. The van der Waals surface area contributed by atoms with Gasteiger partial charge in [-0.05, 0) is 45.8 Å². The SMILES string of the molecule is c1ccc2c(-c3cccc4c3sc3ccccc34)nc(-n3c4ccccc4c4c5c6ccccc6c6ccccc6c5c5c6ccccc6oc5c43)nc2c1. The number of rotatable bonds is 2. The molecule has 5 heteroatoms. The summed E-state index contributed by atoms with van der Waals surface area (Å²) >= 11 is 1.83. The molecule has 0 aliphatic rings. The van der Waals surface area contributed by atoms with Gasteiger partial charge in [-0.3, -0.25) is 4.57 Å². The Balaban J connectivity index is 1.27. The molecule has 0 spiro atoms. The fraction of sp³-hybridized carbons (Fsp3) is 0. The summed E-state index contributed by atoms with van der Waals surface area (Å²) in [6.45, 7) is 0. The molecule has 4 nitrogen and oxygen atoms in total. The molecule has 0 amide bonds. The molecule has 254 valence electrons. The van der Waals surface area contributed by atoms with Crippen molar-refractivity contribution in [1.82, 2.24) is 14.5 Å². The summed E-state index contributed by atoms with van der Waals surface area (Å²) in [4.78, 5) is 11.0. The summed E-state index contributed by atoms with van der Waals surface area (Å²) in [7, 11) is 0. The van der Waals surface area contributed by atoms with E-state index in [2.05, 4.69) is 168 Å². The van der Waals surface area contributed by atoms with E-state index in [9.17, 15) is 0 Å². The maximum Gasteiger partial charge on any atom is 0.235 e. The van der Waals surface area contributed by atoms with E-state index in [4.69, 9.17) is 14.4 Å². The maximum atomic E-state index is 7.05. The van der Waals surface area contributed by atoms with Gasteiger partial charge >= 0.3 is 0 Å². The van der Waals surface area contributed by atoms with E-state index >= 15 is 0 Å². The second-order valence-electron chi connectivity index (χ2n) is 14.4. The number of para-hydroxylation sites is 3. The number of furan rings is 1. The van der Waals surface area contributed by atoms with E-state index in [0.29, 0.717) is 5.95 Å². The lowest BCUT2D eigenvalue weighted by atomic mass is 9.89. The summed E-state index contributed by atoms with van der Waals surface area (Å²) in [6, 6.07) is 58.5. The lowest BCUT2D eigenvalue weighted by Gasteiger charge is -2.14. The topological polar surface area (TPSA) is 43.9 Å². The van der Waals surface area contributed by atoms with E-state index in [-0.39, 0.29) is 0 Å². The third-order valence-corrected chi connectivity index (χ3v) is 12.8. The lowest BCUT2D eigenvalue weighted by Crippen LogP contribution is -2.03. The molecule has 9 aromatic carbocycles. The molecule has 13 aromatic rings. The van der Waals surface area contributed by atoms with Gasteiger partial charge in [0.15, 0.2) is 5.58 Å². The number of benzene rings is 9. The first-order valence-electron chi connectivity index (χ1n) is 18.6. The van der Waals surface area contributed by atoms with Crippen molar-refractivity contribution in [2.45, 2.75) is 0 Å². The van der Waals surface area contributed by atoms with Gasteiger partial charge in [-0.2, -0.15) is 0 Å². The molecule has 0 bridgehead atoms. The number of fused-ring (bicyclic) bond motifs is 19. The second-order valence-corrected chi connectivity index (χ2v) is 15.4. The number of thiophene rings is 1. The smallest absolute Gasteiger partial charge is 0.235 e. The number of hydrogen-bond donors (Lipinski definition) is 0. The second kappa shape index (κ2) is 10.8. The van der Waals surface area contributed by atoms with Crippen LogP contribution in [0.25, 0.3) is 124 Å². The Morgan fingerprint density at radius 1 is 0.436 bits per heavy atom.